The van der Waals surface area contributed by atoms with E-state index < -0.39 is 0 Å². The van der Waals surface area contributed by atoms with Gasteiger partial charge in [0.2, 0.25) is 0 Å². The predicted molar refractivity (Wildman–Crippen MR) is 50.2 cm³/mol. The molecule has 0 saturated carbocycles. The van der Waals surface area contributed by atoms with E-state index in [-0.39, 0.29) is 6.10 Å². The number of nitrogens with zero attached hydrogens (tertiary/aromatic N) is 2. The first kappa shape index (κ1) is 9.96. The Labute approximate surface area is 75.0 Å². The number of aliphatic hydroxyl groups excluding tert-OH is 1. The van der Waals surface area contributed by atoms with E-state index in [1.165, 1.54) is 0 Å². The first-order valence-corrected chi connectivity index (χ1v) is 4.61. The number of aliphatic hydroxyl groups is 1. The van der Waals surface area contributed by atoms with Gasteiger partial charge in [0.15, 0.2) is 0 Å². The van der Waals surface area contributed by atoms with Crippen LogP contribution in [0.15, 0.2) is 0 Å². The van der Waals surface area contributed by atoms with Crippen molar-refractivity contribution in [3.05, 3.63) is 0 Å². The van der Waals surface area contributed by atoms with Gasteiger partial charge in [-0.15, -0.1) is 0 Å². The van der Waals surface area contributed by atoms with Crippen molar-refractivity contribution < 1.29 is 5.11 Å². The average Bonchev–Trinajstić information content (AvgIpc) is 2.26. The van der Waals surface area contributed by atoms with Crippen LogP contribution in [-0.4, -0.2) is 61.8 Å². The van der Waals surface area contributed by atoms with E-state index in [4.69, 9.17) is 0 Å². The number of hydrogen-bond acceptors (Lipinski definition) is 3. The van der Waals surface area contributed by atoms with Gasteiger partial charge in [0.1, 0.15) is 0 Å². The summed E-state index contributed by atoms with van der Waals surface area (Å²) in [6.45, 7) is 2.97. The zero-order valence-electron chi connectivity index (χ0n) is 8.32. The molecule has 1 aliphatic heterocycles. The van der Waals surface area contributed by atoms with E-state index >= 15 is 0 Å². The molecule has 1 N–H and O–H groups in total. The van der Waals surface area contributed by atoms with Gasteiger partial charge in [0, 0.05) is 13.1 Å². The fourth-order valence-electron chi connectivity index (χ4n) is 1.77. The molecule has 12 heavy (non-hydrogen) atoms. The topological polar surface area (TPSA) is 26.7 Å². The van der Waals surface area contributed by atoms with Crippen LogP contribution in [0.25, 0.3) is 0 Å². The van der Waals surface area contributed by atoms with Gasteiger partial charge in [-0.05, 0) is 40.0 Å². The van der Waals surface area contributed by atoms with Crippen molar-refractivity contribution >= 4 is 0 Å². The van der Waals surface area contributed by atoms with Crippen molar-refractivity contribution in [3.63, 3.8) is 0 Å². The Morgan fingerprint density at radius 3 is 2.50 bits per heavy atom. The molecule has 0 amide bonds. The molecule has 1 fully saturated rings. The van der Waals surface area contributed by atoms with Gasteiger partial charge in [-0.25, -0.2) is 0 Å². The summed E-state index contributed by atoms with van der Waals surface area (Å²) in [5, 5.41) is 9.61. The Balaban J connectivity index is 2.23. The van der Waals surface area contributed by atoms with Gasteiger partial charge in [0.05, 0.1) is 6.10 Å². The van der Waals surface area contributed by atoms with E-state index in [9.17, 15) is 5.11 Å². The van der Waals surface area contributed by atoms with Gasteiger partial charge < -0.3 is 14.9 Å². The average molecular weight is 172 g/mol. The maximum atomic E-state index is 9.61. The summed E-state index contributed by atoms with van der Waals surface area (Å²) in [5.74, 6) is 0.484. The molecule has 1 saturated heterocycles. The van der Waals surface area contributed by atoms with Crippen molar-refractivity contribution in [2.45, 2.75) is 12.5 Å². The minimum Gasteiger partial charge on any atom is -0.391 e. The minimum absolute atomic E-state index is 0.102. The Morgan fingerprint density at radius 2 is 2.08 bits per heavy atom. The van der Waals surface area contributed by atoms with Crippen molar-refractivity contribution in [2.24, 2.45) is 5.92 Å². The third-order valence-electron chi connectivity index (χ3n) is 2.54. The summed E-state index contributed by atoms with van der Waals surface area (Å²) >= 11 is 0. The maximum absolute atomic E-state index is 9.61. The highest BCUT2D eigenvalue weighted by Gasteiger charge is 2.28. The monoisotopic (exact) mass is 172 g/mol. The fourth-order valence-corrected chi connectivity index (χ4v) is 1.77. The zero-order valence-corrected chi connectivity index (χ0v) is 8.32. The van der Waals surface area contributed by atoms with Crippen LogP contribution in [0.2, 0.25) is 0 Å². The lowest BCUT2D eigenvalue weighted by Gasteiger charge is -2.16. The minimum atomic E-state index is -0.102. The molecule has 0 radical (unpaired) electrons. The number of β-amino-alcohol motifs (C(OH)–C–C–N with tert-alkyl or cyclic N) is 1. The Kier molecular flexibility index (Phi) is 3.50. The van der Waals surface area contributed by atoms with Crippen LogP contribution in [0.3, 0.4) is 0 Å². The quantitative estimate of drug-likeness (QED) is 0.642. The first-order chi connectivity index (χ1) is 5.59. The zero-order chi connectivity index (χ0) is 9.14. The van der Waals surface area contributed by atoms with Crippen LogP contribution in [0.4, 0.5) is 0 Å². The van der Waals surface area contributed by atoms with Crippen LogP contribution in [0.5, 0.6) is 0 Å². The summed E-state index contributed by atoms with van der Waals surface area (Å²) in [5.41, 5.74) is 0. The summed E-state index contributed by atoms with van der Waals surface area (Å²) in [6.07, 6.45) is 1.01. The molecular weight excluding hydrogens is 152 g/mol. The van der Waals surface area contributed by atoms with E-state index in [1.54, 1.807) is 0 Å². The van der Waals surface area contributed by atoms with E-state index in [0.29, 0.717) is 5.92 Å². The second kappa shape index (κ2) is 4.21. The molecule has 0 aromatic heterocycles. The third-order valence-corrected chi connectivity index (χ3v) is 2.54. The molecule has 0 unspecified atom stereocenters. The van der Waals surface area contributed by atoms with Gasteiger partial charge in [-0.2, -0.15) is 0 Å². The molecule has 0 aromatic rings. The largest absolute Gasteiger partial charge is 0.391 e. The lowest BCUT2D eigenvalue weighted by molar-refractivity contribution is 0.134. The standard InChI is InChI=1S/C9H20N2O/c1-10(2)5-4-8-6-11(3)7-9(8)12/h8-9,12H,4-7H2,1-3H3/t8-,9-/m0/s1. The third kappa shape index (κ3) is 2.73. The van der Waals surface area contributed by atoms with Crippen LogP contribution in [0.1, 0.15) is 6.42 Å². The van der Waals surface area contributed by atoms with Crippen molar-refractivity contribution in [2.75, 3.05) is 40.8 Å². The smallest absolute Gasteiger partial charge is 0.0707 e. The van der Waals surface area contributed by atoms with Crippen LogP contribution in [0, 0.1) is 5.92 Å². The van der Waals surface area contributed by atoms with Crippen molar-refractivity contribution in [3.8, 4) is 0 Å². The molecule has 72 valence electrons. The van der Waals surface area contributed by atoms with E-state index in [0.717, 1.165) is 26.1 Å². The molecule has 0 aliphatic carbocycles. The van der Waals surface area contributed by atoms with Gasteiger partial charge in [-0.3, -0.25) is 0 Å². The molecule has 1 heterocycles. The molecule has 3 heteroatoms. The van der Waals surface area contributed by atoms with Crippen LogP contribution in [-0.2, 0) is 0 Å². The fraction of sp³-hybridized carbons (Fsp3) is 1.00. The predicted octanol–water partition coefficient (Wildman–Crippen LogP) is -0.139. The number of hydrogen-bond donors (Lipinski definition) is 1. The molecular formula is C9H20N2O. The molecule has 0 bridgehead atoms. The second-order valence-corrected chi connectivity index (χ2v) is 4.14. The lowest BCUT2D eigenvalue weighted by Crippen LogP contribution is -2.23. The summed E-state index contributed by atoms with van der Waals surface area (Å²) < 4.78 is 0. The van der Waals surface area contributed by atoms with Gasteiger partial charge >= 0.3 is 0 Å². The normalized spacial score (nSPS) is 31.8. The highest BCUT2D eigenvalue weighted by atomic mass is 16.3. The second-order valence-electron chi connectivity index (χ2n) is 4.14. The number of likely N-dealkylation sites (N-methyl/N-ethyl adjacent to an activating group) is 1. The number of likely N-dealkylation sites (tertiary alicyclic amines) is 1. The Morgan fingerprint density at radius 1 is 1.42 bits per heavy atom. The van der Waals surface area contributed by atoms with Crippen LogP contribution >= 0.6 is 0 Å². The molecule has 1 aliphatic rings. The highest BCUT2D eigenvalue weighted by molar-refractivity contribution is 4.81. The van der Waals surface area contributed by atoms with E-state index in [1.807, 2.05) is 0 Å². The maximum Gasteiger partial charge on any atom is 0.0707 e. The SMILES string of the molecule is CN(C)CC[C@H]1CN(C)C[C@@H]1O. The van der Waals surface area contributed by atoms with Gasteiger partial charge in [-0.1, -0.05) is 0 Å². The Bertz CT molecular complexity index is 138. The highest BCUT2D eigenvalue weighted by Crippen LogP contribution is 2.18. The van der Waals surface area contributed by atoms with E-state index in [2.05, 4.69) is 30.9 Å². The molecule has 2 atom stereocenters. The number of rotatable bonds is 3. The Hall–Kier alpha value is -0.120. The van der Waals surface area contributed by atoms with Crippen molar-refractivity contribution in [1.82, 2.24) is 9.80 Å². The van der Waals surface area contributed by atoms with Gasteiger partial charge in [0.25, 0.3) is 0 Å². The first-order valence-electron chi connectivity index (χ1n) is 4.61. The van der Waals surface area contributed by atoms with Crippen LogP contribution < -0.4 is 0 Å². The summed E-state index contributed by atoms with van der Waals surface area (Å²) in [4.78, 5) is 4.37. The molecule has 0 spiro atoms. The lowest BCUT2D eigenvalue weighted by atomic mass is 10.0. The molecule has 1 rings (SSSR count). The molecule has 3 nitrogen and oxygen atoms in total. The molecule has 0 aromatic carbocycles. The van der Waals surface area contributed by atoms with Crippen molar-refractivity contribution in [1.29, 1.82) is 0 Å². The summed E-state index contributed by atoms with van der Waals surface area (Å²) in [7, 11) is 6.22. The summed E-state index contributed by atoms with van der Waals surface area (Å²) in [6, 6.07) is 0.